The van der Waals surface area contributed by atoms with Crippen LogP contribution < -0.4 is 0 Å². The lowest BCUT2D eigenvalue weighted by molar-refractivity contribution is 0.278. The van der Waals surface area contributed by atoms with Crippen molar-refractivity contribution in [2.24, 2.45) is 0 Å². The van der Waals surface area contributed by atoms with Crippen LogP contribution in [0.3, 0.4) is 0 Å². The van der Waals surface area contributed by atoms with E-state index in [4.69, 9.17) is 0 Å². The van der Waals surface area contributed by atoms with E-state index in [1.54, 1.807) is 0 Å². The van der Waals surface area contributed by atoms with Crippen LogP contribution in [0, 0.1) is 0 Å². The molecule has 0 radical (unpaired) electrons. The summed E-state index contributed by atoms with van der Waals surface area (Å²) in [6, 6.07) is 0. The molecule has 1 heterocycles. The van der Waals surface area contributed by atoms with E-state index in [2.05, 4.69) is 37.9 Å². The summed E-state index contributed by atoms with van der Waals surface area (Å²) < 4.78 is 0. The van der Waals surface area contributed by atoms with Gasteiger partial charge in [0.2, 0.25) is 0 Å². The first-order chi connectivity index (χ1) is 6.07. The highest BCUT2D eigenvalue weighted by Gasteiger charge is 2.16. The number of hydrogen-bond donors (Lipinski definition) is 2. The lowest BCUT2D eigenvalue weighted by atomic mass is 10.00. The lowest BCUT2D eigenvalue weighted by Crippen LogP contribution is -1.98. The molecule has 3 nitrogen and oxygen atoms in total. The van der Waals surface area contributed by atoms with E-state index in [1.807, 2.05) is 0 Å². The van der Waals surface area contributed by atoms with Gasteiger partial charge in [-0.25, -0.2) is 0 Å². The van der Waals surface area contributed by atoms with Crippen molar-refractivity contribution in [1.29, 1.82) is 0 Å². The van der Waals surface area contributed by atoms with Gasteiger partial charge in [0.1, 0.15) is 0 Å². The van der Waals surface area contributed by atoms with E-state index in [9.17, 15) is 5.11 Å². The lowest BCUT2D eigenvalue weighted by Gasteiger charge is -2.06. The zero-order valence-electron chi connectivity index (χ0n) is 8.76. The van der Waals surface area contributed by atoms with Crippen LogP contribution in [0.5, 0.6) is 0 Å². The molecule has 0 aliphatic heterocycles. The molecule has 1 rings (SSSR count). The quantitative estimate of drug-likeness (QED) is 0.752. The number of rotatable bonds is 3. The minimum atomic E-state index is 0.0809. The summed E-state index contributed by atoms with van der Waals surface area (Å²) in [5.41, 5.74) is 3.03. The van der Waals surface area contributed by atoms with Crippen molar-refractivity contribution >= 4 is 0 Å². The molecular weight excluding hydrogens is 164 g/mol. The van der Waals surface area contributed by atoms with Gasteiger partial charge >= 0.3 is 0 Å². The highest BCUT2D eigenvalue weighted by molar-refractivity contribution is 5.28. The van der Waals surface area contributed by atoms with Gasteiger partial charge in [0, 0.05) is 11.3 Å². The van der Waals surface area contributed by atoms with Crippen molar-refractivity contribution in [3.05, 3.63) is 17.0 Å². The smallest absolute Gasteiger partial charge is 0.0718 e. The summed E-state index contributed by atoms with van der Waals surface area (Å²) in [7, 11) is 0. The third kappa shape index (κ3) is 1.91. The maximum atomic E-state index is 9.23. The predicted molar refractivity (Wildman–Crippen MR) is 52.7 cm³/mol. The average molecular weight is 182 g/mol. The molecule has 1 aromatic heterocycles. The molecule has 0 saturated carbocycles. The Hall–Kier alpha value is -0.830. The van der Waals surface area contributed by atoms with Crippen molar-refractivity contribution < 1.29 is 5.11 Å². The Morgan fingerprint density at radius 2 is 1.85 bits per heavy atom. The molecule has 13 heavy (non-hydrogen) atoms. The van der Waals surface area contributed by atoms with Crippen molar-refractivity contribution in [3.63, 3.8) is 0 Å². The fourth-order valence-corrected chi connectivity index (χ4v) is 1.51. The fourth-order valence-electron chi connectivity index (χ4n) is 1.51. The Morgan fingerprint density at radius 1 is 1.23 bits per heavy atom. The van der Waals surface area contributed by atoms with Gasteiger partial charge in [0.25, 0.3) is 0 Å². The van der Waals surface area contributed by atoms with Gasteiger partial charge in [-0.3, -0.25) is 5.10 Å². The summed E-state index contributed by atoms with van der Waals surface area (Å²) >= 11 is 0. The average Bonchev–Trinajstić information content (AvgIpc) is 2.46. The second kappa shape index (κ2) is 3.92. The monoisotopic (exact) mass is 182 g/mol. The highest BCUT2D eigenvalue weighted by atomic mass is 16.3. The van der Waals surface area contributed by atoms with Crippen molar-refractivity contribution in [2.45, 2.75) is 46.1 Å². The number of aromatic amines is 1. The van der Waals surface area contributed by atoms with Crippen LogP contribution in [0.4, 0.5) is 0 Å². The molecule has 0 aliphatic rings. The van der Waals surface area contributed by atoms with Gasteiger partial charge < -0.3 is 5.11 Å². The van der Waals surface area contributed by atoms with Crippen molar-refractivity contribution in [2.75, 3.05) is 0 Å². The Kier molecular flexibility index (Phi) is 3.09. The molecule has 0 fully saturated rings. The zero-order chi connectivity index (χ0) is 10.0. The van der Waals surface area contributed by atoms with Crippen molar-refractivity contribution in [3.8, 4) is 0 Å². The molecule has 0 amide bonds. The number of H-pyrrole nitrogens is 1. The van der Waals surface area contributed by atoms with E-state index in [0.717, 1.165) is 17.0 Å². The third-order valence-electron chi connectivity index (χ3n) is 2.21. The Labute approximate surface area is 79.2 Å². The standard InChI is InChI=1S/C10H18N2O/c1-6(2)9-8(5-13)10(7(3)4)12-11-9/h6-7,13H,5H2,1-4H3,(H,11,12). The van der Waals surface area contributed by atoms with E-state index >= 15 is 0 Å². The summed E-state index contributed by atoms with van der Waals surface area (Å²) in [5, 5.41) is 16.4. The van der Waals surface area contributed by atoms with E-state index in [-0.39, 0.29) is 6.61 Å². The van der Waals surface area contributed by atoms with Gasteiger partial charge in [0.15, 0.2) is 0 Å². The number of aliphatic hydroxyl groups excluding tert-OH is 1. The zero-order valence-corrected chi connectivity index (χ0v) is 8.76. The Bertz CT molecular complexity index is 251. The van der Waals surface area contributed by atoms with Gasteiger partial charge in [0.05, 0.1) is 12.3 Å². The maximum Gasteiger partial charge on any atom is 0.0718 e. The number of nitrogens with zero attached hydrogens (tertiary/aromatic N) is 1. The normalized spacial score (nSPS) is 11.6. The number of nitrogens with one attached hydrogen (secondary N) is 1. The van der Waals surface area contributed by atoms with Crippen LogP contribution in [0.1, 0.15) is 56.5 Å². The topological polar surface area (TPSA) is 48.9 Å². The van der Waals surface area contributed by atoms with Crippen LogP contribution >= 0.6 is 0 Å². The predicted octanol–water partition coefficient (Wildman–Crippen LogP) is 2.15. The minimum Gasteiger partial charge on any atom is -0.392 e. The first-order valence-corrected chi connectivity index (χ1v) is 4.75. The van der Waals surface area contributed by atoms with Gasteiger partial charge in [-0.2, -0.15) is 5.10 Å². The molecule has 0 aromatic carbocycles. The van der Waals surface area contributed by atoms with E-state index in [1.165, 1.54) is 0 Å². The summed E-state index contributed by atoms with van der Waals surface area (Å²) in [4.78, 5) is 0. The molecule has 0 spiro atoms. The van der Waals surface area contributed by atoms with Crippen LogP contribution in [-0.4, -0.2) is 15.3 Å². The second-order valence-electron chi connectivity index (χ2n) is 3.97. The Balaban J connectivity index is 3.10. The molecular formula is C10H18N2O. The van der Waals surface area contributed by atoms with E-state index in [0.29, 0.717) is 11.8 Å². The first-order valence-electron chi connectivity index (χ1n) is 4.75. The van der Waals surface area contributed by atoms with Crippen molar-refractivity contribution in [1.82, 2.24) is 10.2 Å². The summed E-state index contributed by atoms with van der Waals surface area (Å²) in [6.07, 6.45) is 0. The van der Waals surface area contributed by atoms with Gasteiger partial charge in [-0.1, -0.05) is 27.7 Å². The molecule has 0 aliphatic carbocycles. The highest BCUT2D eigenvalue weighted by Crippen LogP contribution is 2.24. The van der Waals surface area contributed by atoms with Gasteiger partial charge in [-0.15, -0.1) is 0 Å². The molecule has 3 heteroatoms. The largest absolute Gasteiger partial charge is 0.392 e. The Morgan fingerprint density at radius 3 is 2.23 bits per heavy atom. The van der Waals surface area contributed by atoms with Crippen LogP contribution in [0.2, 0.25) is 0 Å². The number of aromatic nitrogens is 2. The SMILES string of the molecule is CC(C)c1n[nH]c(C(C)C)c1CO. The molecule has 0 saturated heterocycles. The molecule has 74 valence electrons. The molecule has 1 aromatic rings. The summed E-state index contributed by atoms with van der Waals surface area (Å²) in [5.74, 6) is 0.757. The first kappa shape index (κ1) is 10.3. The molecule has 0 atom stereocenters. The van der Waals surface area contributed by atoms with E-state index < -0.39 is 0 Å². The molecule has 0 bridgehead atoms. The number of aliphatic hydroxyl groups is 1. The molecule has 2 N–H and O–H groups in total. The molecule has 0 unspecified atom stereocenters. The summed E-state index contributed by atoms with van der Waals surface area (Å²) in [6.45, 7) is 8.43. The van der Waals surface area contributed by atoms with Gasteiger partial charge in [-0.05, 0) is 11.8 Å². The minimum absolute atomic E-state index is 0.0809. The van der Waals surface area contributed by atoms with Crippen LogP contribution in [0.25, 0.3) is 0 Å². The maximum absolute atomic E-state index is 9.23. The fraction of sp³-hybridized carbons (Fsp3) is 0.700. The van der Waals surface area contributed by atoms with Crippen LogP contribution in [-0.2, 0) is 6.61 Å². The van der Waals surface area contributed by atoms with Crippen LogP contribution in [0.15, 0.2) is 0 Å². The third-order valence-corrected chi connectivity index (χ3v) is 2.21. The second-order valence-corrected chi connectivity index (χ2v) is 3.97. The number of hydrogen-bond acceptors (Lipinski definition) is 2.